The van der Waals surface area contributed by atoms with Gasteiger partial charge in [0.2, 0.25) is 17.7 Å². The van der Waals surface area contributed by atoms with Gasteiger partial charge in [0.1, 0.15) is 6.04 Å². The minimum atomic E-state index is -0.773. The van der Waals surface area contributed by atoms with E-state index in [9.17, 15) is 19.5 Å². The summed E-state index contributed by atoms with van der Waals surface area (Å²) in [6.07, 6.45) is 14.2. The Morgan fingerprint density at radius 1 is 1.00 bits per heavy atom. The highest BCUT2D eigenvalue weighted by atomic mass is 32.2. The van der Waals surface area contributed by atoms with E-state index in [0.29, 0.717) is 26.1 Å². The lowest BCUT2D eigenvalue weighted by Gasteiger charge is -2.40. The molecule has 0 radical (unpaired) electrons. The molecule has 0 aromatic carbocycles. The van der Waals surface area contributed by atoms with Crippen molar-refractivity contribution in [3.63, 3.8) is 0 Å². The molecule has 1 N–H and O–H groups in total. The van der Waals surface area contributed by atoms with Crippen LogP contribution < -0.4 is 0 Å². The van der Waals surface area contributed by atoms with Crippen LogP contribution in [0, 0.1) is 11.8 Å². The maximum Gasteiger partial charge on any atom is 0.247 e. The monoisotopic (exact) mass is 473 g/mol. The van der Waals surface area contributed by atoms with Gasteiger partial charge in [0, 0.05) is 44.1 Å². The first-order valence-corrected chi connectivity index (χ1v) is 13.2. The molecule has 7 nitrogen and oxygen atoms in total. The predicted molar refractivity (Wildman–Crippen MR) is 127 cm³/mol. The number of rotatable bonds is 4. The van der Waals surface area contributed by atoms with Crippen molar-refractivity contribution in [2.75, 3.05) is 33.3 Å². The zero-order chi connectivity index (χ0) is 23.4. The highest BCUT2D eigenvalue weighted by Crippen LogP contribution is 2.65. The zero-order valence-corrected chi connectivity index (χ0v) is 20.4. The number of carbonyl (C=O) groups is 3. The van der Waals surface area contributed by atoms with Crippen molar-refractivity contribution in [3.8, 4) is 0 Å². The fourth-order valence-electron chi connectivity index (χ4n) is 6.86. The van der Waals surface area contributed by atoms with Crippen molar-refractivity contribution < 1.29 is 19.5 Å². The minimum Gasteiger partial charge on any atom is -0.396 e. The van der Waals surface area contributed by atoms with Crippen LogP contribution >= 0.6 is 11.8 Å². The topological polar surface area (TPSA) is 81.2 Å². The van der Waals surface area contributed by atoms with Gasteiger partial charge in [-0.3, -0.25) is 14.4 Å². The molecule has 8 heteroatoms. The molecular formula is C25H35N3O4S. The average Bonchev–Trinajstić information content (AvgIpc) is 3.07. The van der Waals surface area contributed by atoms with Crippen LogP contribution in [0.2, 0.25) is 0 Å². The van der Waals surface area contributed by atoms with Crippen molar-refractivity contribution in [2.24, 2.45) is 11.8 Å². The SMILES string of the molecule is CN1CC=C[C@]2(C)S[C@]34C=CCN(C5CCCCC5)C(=O)C3N(CCCO)C(=O)[C@@H]4[C@@H]2C1=O. The van der Waals surface area contributed by atoms with Crippen LogP contribution in [-0.4, -0.2) is 92.4 Å². The molecule has 180 valence electrons. The zero-order valence-electron chi connectivity index (χ0n) is 19.6. The number of hydrogen-bond donors (Lipinski definition) is 1. The largest absolute Gasteiger partial charge is 0.396 e. The van der Waals surface area contributed by atoms with Crippen LogP contribution in [0.5, 0.6) is 0 Å². The van der Waals surface area contributed by atoms with Crippen molar-refractivity contribution in [3.05, 3.63) is 24.3 Å². The molecule has 0 aromatic heterocycles. The van der Waals surface area contributed by atoms with E-state index < -0.39 is 27.4 Å². The fourth-order valence-corrected chi connectivity index (χ4v) is 9.02. The second-order valence-corrected chi connectivity index (χ2v) is 12.2. The molecule has 4 aliphatic heterocycles. The molecule has 5 atom stereocenters. The Labute approximate surface area is 200 Å². The molecule has 33 heavy (non-hydrogen) atoms. The molecule has 0 aromatic rings. The maximum absolute atomic E-state index is 14.2. The number of hydrogen-bond acceptors (Lipinski definition) is 5. The van der Waals surface area contributed by atoms with E-state index in [1.54, 1.807) is 28.6 Å². The molecule has 1 unspecified atom stereocenters. The van der Waals surface area contributed by atoms with E-state index >= 15 is 0 Å². The summed E-state index contributed by atoms with van der Waals surface area (Å²) in [5.41, 5.74) is 0. The van der Waals surface area contributed by atoms with Crippen LogP contribution in [-0.2, 0) is 14.4 Å². The molecule has 4 heterocycles. The first kappa shape index (κ1) is 23.0. The fraction of sp³-hybridized carbons (Fsp3) is 0.720. The van der Waals surface area contributed by atoms with E-state index in [1.165, 1.54) is 6.42 Å². The molecule has 1 aliphatic carbocycles. The minimum absolute atomic E-state index is 0.0121. The van der Waals surface area contributed by atoms with Gasteiger partial charge in [0.15, 0.2) is 0 Å². The van der Waals surface area contributed by atoms with Crippen molar-refractivity contribution in [1.82, 2.24) is 14.7 Å². The van der Waals surface area contributed by atoms with E-state index in [0.717, 1.165) is 25.7 Å². The average molecular weight is 474 g/mol. The van der Waals surface area contributed by atoms with Crippen LogP contribution in [0.1, 0.15) is 45.4 Å². The lowest BCUT2D eigenvalue weighted by molar-refractivity contribution is -0.145. The van der Waals surface area contributed by atoms with Gasteiger partial charge in [-0.25, -0.2) is 0 Å². The van der Waals surface area contributed by atoms with Gasteiger partial charge in [-0.15, -0.1) is 11.8 Å². The summed E-state index contributed by atoms with van der Waals surface area (Å²) in [5, 5.41) is 9.51. The van der Waals surface area contributed by atoms with Crippen LogP contribution in [0.25, 0.3) is 0 Å². The Morgan fingerprint density at radius 3 is 2.45 bits per heavy atom. The van der Waals surface area contributed by atoms with Gasteiger partial charge in [0.25, 0.3) is 0 Å². The summed E-state index contributed by atoms with van der Waals surface area (Å²) in [5.74, 6) is -1.23. The van der Waals surface area contributed by atoms with Crippen molar-refractivity contribution in [2.45, 2.75) is 67.0 Å². The third-order valence-corrected chi connectivity index (χ3v) is 10.2. The first-order valence-electron chi connectivity index (χ1n) is 12.4. The van der Waals surface area contributed by atoms with Gasteiger partial charge in [-0.1, -0.05) is 43.6 Å². The van der Waals surface area contributed by atoms with Gasteiger partial charge >= 0.3 is 0 Å². The number of carbonyl (C=O) groups excluding carboxylic acids is 3. The third-order valence-electron chi connectivity index (χ3n) is 8.36. The molecule has 5 aliphatic rings. The quantitative estimate of drug-likeness (QED) is 0.630. The van der Waals surface area contributed by atoms with Gasteiger partial charge in [-0.2, -0.15) is 0 Å². The molecule has 1 saturated carbocycles. The number of amides is 3. The number of likely N-dealkylation sites (N-methyl/N-ethyl adjacent to an activating group) is 1. The molecule has 3 amide bonds. The van der Waals surface area contributed by atoms with Crippen LogP contribution in [0.15, 0.2) is 24.3 Å². The highest BCUT2D eigenvalue weighted by Gasteiger charge is 2.73. The number of aliphatic hydroxyl groups is 1. The number of fused-ring (bicyclic) bond motifs is 2. The Kier molecular flexibility index (Phi) is 5.88. The summed E-state index contributed by atoms with van der Waals surface area (Å²) < 4.78 is -1.32. The van der Waals surface area contributed by atoms with E-state index in [4.69, 9.17) is 0 Å². The molecular weight excluding hydrogens is 438 g/mol. The normalized spacial score (nSPS) is 38.9. The van der Waals surface area contributed by atoms with Crippen LogP contribution in [0.4, 0.5) is 0 Å². The summed E-state index contributed by atoms with van der Waals surface area (Å²) in [6, 6.07) is -0.428. The van der Waals surface area contributed by atoms with E-state index in [2.05, 4.69) is 18.2 Å². The lowest BCUT2D eigenvalue weighted by atomic mass is 9.74. The molecule has 2 saturated heterocycles. The smallest absolute Gasteiger partial charge is 0.247 e. The Balaban J connectivity index is 1.60. The van der Waals surface area contributed by atoms with Gasteiger partial charge in [0.05, 0.1) is 16.6 Å². The van der Waals surface area contributed by atoms with E-state index in [-0.39, 0.29) is 30.4 Å². The van der Waals surface area contributed by atoms with E-state index in [1.807, 2.05) is 17.9 Å². The first-order chi connectivity index (χ1) is 15.8. The Bertz CT molecular complexity index is 900. The number of likely N-dealkylation sites (tertiary alicyclic amines) is 1. The van der Waals surface area contributed by atoms with Crippen molar-refractivity contribution >= 4 is 29.5 Å². The summed E-state index contributed by atoms with van der Waals surface area (Å²) >= 11 is 1.63. The summed E-state index contributed by atoms with van der Waals surface area (Å²) in [6.45, 7) is 3.43. The second-order valence-electron chi connectivity index (χ2n) is 10.4. The van der Waals surface area contributed by atoms with Crippen LogP contribution in [0.3, 0.4) is 0 Å². The Hall–Kier alpha value is -1.80. The molecule has 5 rings (SSSR count). The van der Waals surface area contributed by atoms with Gasteiger partial charge < -0.3 is 19.8 Å². The Morgan fingerprint density at radius 2 is 1.73 bits per heavy atom. The second kappa shape index (κ2) is 8.45. The lowest BCUT2D eigenvalue weighted by Crippen LogP contribution is -2.55. The molecule has 1 spiro atoms. The number of aliphatic hydroxyl groups excluding tert-OH is 1. The summed E-state index contributed by atoms with van der Waals surface area (Å²) in [4.78, 5) is 47.1. The van der Waals surface area contributed by atoms with Gasteiger partial charge in [-0.05, 0) is 26.2 Å². The number of thioether (sulfide) groups is 1. The number of nitrogens with zero attached hydrogens (tertiary/aromatic N) is 3. The van der Waals surface area contributed by atoms with Crippen molar-refractivity contribution in [1.29, 1.82) is 0 Å². The predicted octanol–water partition coefficient (Wildman–Crippen LogP) is 1.82. The molecule has 0 bridgehead atoms. The highest BCUT2D eigenvalue weighted by molar-refractivity contribution is 8.02. The standard InChI is InChI=1S/C25H35N3O4S/c1-24-11-6-13-26(2)21(30)18(24)19-22(31)28(15-8-16-29)20-23(32)27(17-9-4-3-5-10-17)14-7-12-25(19,20)33-24/h6-7,11-12,17-20,29H,3-5,8-10,13-16H2,1-2H3/t18-,19+,20?,24+,25+/m1/s1. The summed E-state index contributed by atoms with van der Waals surface area (Å²) in [7, 11) is 1.79. The third kappa shape index (κ3) is 3.39. The maximum atomic E-state index is 14.2. The molecule has 3 fully saturated rings.